The molecule has 0 spiro atoms. The quantitative estimate of drug-likeness (QED) is 0.738. The number of fused-ring (bicyclic) bond motifs is 1. The summed E-state index contributed by atoms with van der Waals surface area (Å²) in [7, 11) is 0. The van der Waals surface area contributed by atoms with Gasteiger partial charge in [-0.3, -0.25) is 9.78 Å². The van der Waals surface area contributed by atoms with Crippen LogP contribution in [-0.2, 0) is 4.74 Å². The molecule has 0 aliphatic heterocycles. The molecule has 3 rings (SSSR count). The van der Waals surface area contributed by atoms with Crippen LogP contribution in [0.15, 0.2) is 47.7 Å². The summed E-state index contributed by atoms with van der Waals surface area (Å²) in [4.78, 5) is 38.5. The summed E-state index contributed by atoms with van der Waals surface area (Å²) in [5, 5.41) is 0.485. The number of nitrogens with zero attached hydrogens (tertiary/aromatic N) is 3. The predicted molar refractivity (Wildman–Crippen MR) is 78.2 cm³/mol. The highest BCUT2D eigenvalue weighted by Crippen LogP contribution is 2.15. The molecule has 0 radical (unpaired) electrons. The lowest BCUT2D eigenvalue weighted by atomic mass is 10.2. The van der Waals surface area contributed by atoms with E-state index in [0.29, 0.717) is 10.9 Å². The van der Waals surface area contributed by atoms with Crippen molar-refractivity contribution in [3.05, 3.63) is 64.7 Å². The molecule has 1 atom stereocenters. The molecule has 2 aromatic heterocycles. The van der Waals surface area contributed by atoms with Gasteiger partial charge in [-0.15, -0.1) is 0 Å². The van der Waals surface area contributed by atoms with Gasteiger partial charge in [0, 0.05) is 12.4 Å². The van der Waals surface area contributed by atoms with Gasteiger partial charge in [-0.25, -0.2) is 14.8 Å². The third kappa shape index (κ3) is 2.69. The fraction of sp³-hybridized carbons (Fsp3) is 0.133. The Morgan fingerprint density at radius 1 is 1.27 bits per heavy atom. The first-order chi connectivity index (χ1) is 10.6. The normalized spacial score (nSPS) is 12.0. The highest BCUT2D eigenvalue weighted by atomic mass is 16.5. The number of benzene rings is 1. The fourth-order valence-electron chi connectivity index (χ4n) is 1.98. The number of carbonyl (C=O) groups is 1. The number of carbonyl (C=O) groups excluding carboxylic acids is 1. The van der Waals surface area contributed by atoms with Crippen molar-refractivity contribution >= 4 is 16.9 Å². The summed E-state index contributed by atoms with van der Waals surface area (Å²) >= 11 is 0. The Hall–Kier alpha value is -3.09. The van der Waals surface area contributed by atoms with E-state index >= 15 is 0 Å². The summed E-state index contributed by atoms with van der Waals surface area (Å²) in [5.74, 6) is -0.350. The van der Waals surface area contributed by atoms with E-state index in [1.165, 1.54) is 18.6 Å². The first-order valence-corrected chi connectivity index (χ1v) is 6.61. The summed E-state index contributed by atoms with van der Waals surface area (Å²) in [5.41, 5.74) is 0.365. The van der Waals surface area contributed by atoms with Gasteiger partial charge in [0.25, 0.3) is 5.56 Å². The van der Waals surface area contributed by atoms with Gasteiger partial charge in [-0.05, 0) is 19.1 Å². The molecule has 3 aromatic rings. The van der Waals surface area contributed by atoms with Gasteiger partial charge >= 0.3 is 5.97 Å². The first-order valence-electron chi connectivity index (χ1n) is 6.61. The lowest BCUT2D eigenvalue weighted by Gasteiger charge is -2.12. The molecule has 0 unspecified atom stereocenters. The van der Waals surface area contributed by atoms with Crippen LogP contribution in [0.25, 0.3) is 10.9 Å². The third-order valence-corrected chi connectivity index (χ3v) is 3.07. The molecule has 22 heavy (non-hydrogen) atoms. The SMILES string of the molecule is C[C@H](OC(=O)c1cnccn1)c1nc2ccccc2c(=O)[nH]1. The van der Waals surface area contributed by atoms with Crippen molar-refractivity contribution in [2.45, 2.75) is 13.0 Å². The van der Waals surface area contributed by atoms with E-state index in [1.54, 1.807) is 31.2 Å². The van der Waals surface area contributed by atoms with Gasteiger partial charge in [0.15, 0.2) is 17.6 Å². The Balaban J connectivity index is 1.88. The molecule has 7 nitrogen and oxygen atoms in total. The van der Waals surface area contributed by atoms with Gasteiger partial charge in [0.2, 0.25) is 0 Å². The number of H-pyrrole nitrogens is 1. The lowest BCUT2D eigenvalue weighted by Crippen LogP contribution is -2.18. The molecule has 0 bridgehead atoms. The Bertz CT molecular complexity index is 877. The minimum atomic E-state index is -0.716. The Labute approximate surface area is 125 Å². The maximum absolute atomic E-state index is 12.0. The van der Waals surface area contributed by atoms with Gasteiger partial charge in [-0.1, -0.05) is 12.1 Å². The maximum atomic E-state index is 12.0. The van der Waals surface area contributed by atoms with Gasteiger partial charge < -0.3 is 9.72 Å². The smallest absolute Gasteiger partial charge is 0.359 e. The summed E-state index contributed by atoms with van der Waals surface area (Å²) < 4.78 is 5.25. The number of hydrogen-bond donors (Lipinski definition) is 1. The maximum Gasteiger partial charge on any atom is 0.359 e. The third-order valence-electron chi connectivity index (χ3n) is 3.07. The number of nitrogens with one attached hydrogen (secondary N) is 1. The highest BCUT2D eigenvalue weighted by molar-refractivity contribution is 5.86. The Morgan fingerprint density at radius 2 is 2.09 bits per heavy atom. The molecule has 0 saturated carbocycles. The Kier molecular flexibility index (Phi) is 3.61. The number of esters is 1. The number of rotatable bonds is 3. The minimum Gasteiger partial charge on any atom is -0.450 e. The number of aromatic amines is 1. The van der Waals surface area contributed by atoms with E-state index in [2.05, 4.69) is 19.9 Å². The van der Waals surface area contributed by atoms with Crippen molar-refractivity contribution in [2.24, 2.45) is 0 Å². The zero-order chi connectivity index (χ0) is 15.5. The molecular formula is C15H12N4O3. The van der Waals surface area contributed by atoms with Crippen LogP contribution in [0.3, 0.4) is 0 Å². The van der Waals surface area contributed by atoms with Crippen LogP contribution in [-0.4, -0.2) is 25.9 Å². The van der Waals surface area contributed by atoms with Crippen molar-refractivity contribution in [1.29, 1.82) is 0 Å². The van der Waals surface area contributed by atoms with Crippen molar-refractivity contribution in [3.8, 4) is 0 Å². The molecule has 1 aromatic carbocycles. The average Bonchev–Trinajstić information content (AvgIpc) is 2.55. The first kappa shape index (κ1) is 13.9. The second kappa shape index (κ2) is 5.72. The predicted octanol–water partition coefficient (Wildman–Crippen LogP) is 1.63. The number of aromatic nitrogens is 4. The van der Waals surface area contributed by atoms with Gasteiger partial charge in [0.1, 0.15) is 0 Å². The van der Waals surface area contributed by atoms with E-state index < -0.39 is 12.1 Å². The zero-order valence-electron chi connectivity index (χ0n) is 11.7. The van der Waals surface area contributed by atoms with Gasteiger partial charge in [0.05, 0.1) is 17.1 Å². The van der Waals surface area contributed by atoms with E-state index in [1.807, 2.05) is 0 Å². The minimum absolute atomic E-state index is 0.0949. The summed E-state index contributed by atoms with van der Waals surface area (Å²) in [6.45, 7) is 1.63. The van der Waals surface area contributed by atoms with Crippen LogP contribution in [0.5, 0.6) is 0 Å². The summed E-state index contributed by atoms with van der Waals surface area (Å²) in [6.07, 6.45) is 3.46. The molecule has 0 fully saturated rings. The molecule has 1 N–H and O–H groups in total. The van der Waals surface area contributed by atoms with Gasteiger partial charge in [-0.2, -0.15) is 0 Å². The average molecular weight is 296 g/mol. The molecule has 0 saturated heterocycles. The van der Waals surface area contributed by atoms with E-state index in [4.69, 9.17) is 4.74 Å². The van der Waals surface area contributed by atoms with Crippen LogP contribution in [0.4, 0.5) is 0 Å². The lowest BCUT2D eigenvalue weighted by molar-refractivity contribution is 0.0312. The molecule has 0 aliphatic carbocycles. The van der Waals surface area contributed by atoms with Crippen LogP contribution in [0.1, 0.15) is 29.3 Å². The molecule has 110 valence electrons. The van der Waals surface area contributed by atoms with Crippen LogP contribution in [0.2, 0.25) is 0 Å². The van der Waals surface area contributed by atoms with Crippen molar-refractivity contribution < 1.29 is 9.53 Å². The van der Waals surface area contributed by atoms with E-state index in [-0.39, 0.29) is 17.1 Å². The monoisotopic (exact) mass is 296 g/mol. The summed E-state index contributed by atoms with van der Waals surface area (Å²) in [6, 6.07) is 6.96. The molecule has 7 heteroatoms. The van der Waals surface area contributed by atoms with E-state index in [9.17, 15) is 9.59 Å². The standard InChI is InChI=1S/C15H12N4O3/c1-9(22-15(21)12-8-16-6-7-17-12)13-18-11-5-3-2-4-10(11)14(20)19-13/h2-9H,1H3,(H,18,19,20)/t9-/m0/s1. The fourth-order valence-corrected chi connectivity index (χ4v) is 1.98. The van der Waals surface area contributed by atoms with Crippen molar-refractivity contribution in [3.63, 3.8) is 0 Å². The largest absolute Gasteiger partial charge is 0.450 e. The second-order valence-corrected chi connectivity index (χ2v) is 4.61. The Morgan fingerprint density at radius 3 is 2.86 bits per heavy atom. The molecule has 0 aliphatic rings. The zero-order valence-corrected chi connectivity index (χ0v) is 11.7. The second-order valence-electron chi connectivity index (χ2n) is 4.61. The molecule has 2 heterocycles. The molecule has 0 amide bonds. The molecular weight excluding hydrogens is 284 g/mol. The topological polar surface area (TPSA) is 97.8 Å². The highest BCUT2D eigenvalue weighted by Gasteiger charge is 2.17. The number of para-hydroxylation sites is 1. The van der Waals surface area contributed by atoms with Crippen LogP contribution in [0, 0.1) is 0 Å². The van der Waals surface area contributed by atoms with E-state index in [0.717, 1.165) is 0 Å². The van der Waals surface area contributed by atoms with Crippen LogP contribution < -0.4 is 5.56 Å². The number of ether oxygens (including phenoxy) is 1. The van der Waals surface area contributed by atoms with Crippen LogP contribution >= 0.6 is 0 Å². The van der Waals surface area contributed by atoms with Crippen molar-refractivity contribution in [2.75, 3.05) is 0 Å². The van der Waals surface area contributed by atoms with Crippen molar-refractivity contribution in [1.82, 2.24) is 19.9 Å². The number of hydrogen-bond acceptors (Lipinski definition) is 6.